The van der Waals surface area contributed by atoms with Gasteiger partial charge in [0.05, 0.1) is 12.6 Å². The number of ether oxygens (including phenoxy) is 1. The van der Waals surface area contributed by atoms with Crippen LogP contribution in [0.25, 0.3) is 0 Å². The molecule has 0 spiro atoms. The van der Waals surface area contributed by atoms with Crippen LogP contribution in [-0.2, 0) is 4.74 Å². The Kier molecular flexibility index (Phi) is 6.30. The third-order valence-corrected chi connectivity index (χ3v) is 3.32. The summed E-state index contributed by atoms with van der Waals surface area (Å²) >= 11 is 6.18. The molecule has 0 amide bonds. The molecule has 20 heavy (non-hydrogen) atoms. The van der Waals surface area contributed by atoms with Gasteiger partial charge >= 0.3 is 6.18 Å². The molecule has 6 heteroatoms. The van der Waals surface area contributed by atoms with Gasteiger partial charge in [-0.05, 0) is 43.1 Å². The van der Waals surface area contributed by atoms with Gasteiger partial charge in [0.25, 0.3) is 0 Å². The van der Waals surface area contributed by atoms with Gasteiger partial charge in [0.2, 0.25) is 0 Å². The van der Waals surface area contributed by atoms with Gasteiger partial charge in [0.1, 0.15) is 6.61 Å². The molecule has 1 unspecified atom stereocenters. The van der Waals surface area contributed by atoms with Crippen molar-refractivity contribution in [2.75, 3.05) is 19.8 Å². The standard InChI is InChI=1S/C14H19ClF3NO/c1-4-19-13(7-20-8-14(16,17)18)11-5-9(2)10(3)6-12(11)15/h5-6,13,19H,4,7-8H2,1-3H3. The van der Waals surface area contributed by atoms with Gasteiger partial charge in [0, 0.05) is 5.02 Å². The van der Waals surface area contributed by atoms with Gasteiger partial charge < -0.3 is 10.1 Å². The van der Waals surface area contributed by atoms with E-state index in [1.807, 2.05) is 32.9 Å². The highest BCUT2D eigenvalue weighted by atomic mass is 35.5. The van der Waals surface area contributed by atoms with E-state index < -0.39 is 12.8 Å². The first-order chi connectivity index (χ1) is 9.24. The van der Waals surface area contributed by atoms with Crippen molar-refractivity contribution in [3.63, 3.8) is 0 Å². The summed E-state index contributed by atoms with van der Waals surface area (Å²) in [6.07, 6.45) is -4.32. The summed E-state index contributed by atoms with van der Waals surface area (Å²) in [5.74, 6) is 0. The largest absolute Gasteiger partial charge is 0.411 e. The maximum atomic E-state index is 12.1. The van der Waals surface area contributed by atoms with E-state index in [4.69, 9.17) is 16.3 Å². The van der Waals surface area contributed by atoms with Crippen LogP contribution in [0, 0.1) is 13.8 Å². The number of benzene rings is 1. The van der Waals surface area contributed by atoms with Crippen LogP contribution in [0.15, 0.2) is 12.1 Å². The summed E-state index contributed by atoms with van der Waals surface area (Å²) in [7, 11) is 0. The molecule has 0 aromatic heterocycles. The summed E-state index contributed by atoms with van der Waals surface area (Å²) in [5, 5.41) is 3.63. The van der Waals surface area contributed by atoms with E-state index in [9.17, 15) is 13.2 Å². The second-order valence-electron chi connectivity index (χ2n) is 4.70. The maximum absolute atomic E-state index is 12.1. The molecule has 2 nitrogen and oxygen atoms in total. The first-order valence-electron chi connectivity index (χ1n) is 6.39. The van der Waals surface area contributed by atoms with Crippen LogP contribution in [0.3, 0.4) is 0 Å². The van der Waals surface area contributed by atoms with Crippen LogP contribution in [0.4, 0.5) is 13.2 Å². The summed E-state index contributed by atoms with van der Waals surface area (Å²) in [4.78, 5) is 0. The lowest BCUT2D eigenvalue weighted by Gasteiger charge is -2.21. The molecule has 114 valence electrons. The van der Waals surface area contributed by atoms with Crippen molar-refractivity contribution >= 4 is 11.6 Å². The normalized spacial score (nSPS) is 13.6. The lowest BCUT2D eigenvalue weighted by molar-refractivity contribution is -0.175. The van der Waals surface area contributed by atoms with Gasteiger partial charge in [-0.1, -0.05) is 24.6 Å². The number of likely N-dealkylation sites (N-methyl/N-ethyl adjacent to an activating group) is 1. The first kappa shape index (κ1) is 17.3. The van der Waals surface area contributed by atoms with E-state index in [1.165, 1.54) is 0 Å². The molecule has 0 bridgehead atoms. The Hall–Kier alpha value is -0.780. The molecule has 1 atom stereocenters. The summed E-state index contributed by atoms with van der Waals surface area (Å²) in [6, 6.07) is 3.36. The third-order valence-electron chi connectivity index (χ3n) is 2.99. The van der Waals surface area contributed by atoms with Gasteiger partial charge in [-0.25, -0.2) is 0 Å². The lowest BCUT2D eigenvalue weighted by atomic mass is 10.0. The first-order valence-corrected chi connectivity index (χ1v) is 6.77. The number of halogens is 4. The van der Waals surface area contributed by atoms with Crippen molar-refractivity contribution in [2.45, 2.75) is 33.0 Å². The summed E-state index contributed by atoms with van der Waals surface area (Å²) in [5.41, 5.74) is 2.85. The zero-order valence-electron chi connectivity index (χ0n) is 11.8. The smallest absolute Gasteiger partial charge is 0.370 e. The average Bonchev–Trinajstić information content (AvgIpc) is 2.31. The van der Waals surface area contributed by atoms with E-state index in [-0.39, 0.29) is 12.6 Å². The number of nitrogens with one attached hydrogen (secondary N) is 1. The predicted octanol–water partition coefficient (Wildman–Crippen LogP) is 4.19. The van der Waals surface area contributed by atoms with Crippen LogP contribution in [0.2, 0.25) is 5.02 Å². The van der Waals surface area contributed by atoms with Crippen molar-refractivity contribution in [3.05, 3.63) is 33.8 Å². The molecule has 1 aromatic rings. The Balaban J connectivity index is 2.83. The van der Waals surface area contributed by atoms with Crippen LogP contribution in [-0.4, -0.2) is 25.9 Å². The number of hydrogen-bond acceptors (Lipinski definition) is 2. The van der Waals surface area contributed by atoms with Gasteiger partial charge in [0.15, 0.2) is 0 Å². The highest BCUT2D eigenvalue weighted by molar-refractivity contribution is 6.31. The van der Waals surface area contributed by atoms with Gasteiger partial charge in [-0.15, -0.1) is 0 Å². The Bertz CT molecular complexity index is 449. The number of aryl methyl sites for hydroxylation is 2. The number of rotatable bonds is 6. The lowest BCUT2D eigenvalue weighted by Crippen LogP contribution is -2.28. The fraction of sp³-hybridized carbons (Fsp3) is 0.571. The van der Waals surface area contributed by atoms with Crippen molar-refractivity contribution in [1.29, 1.82) is 0 Å². The Morgan fingerprint density at radius 3 is 2.40 bits per heavy atom. The Labute approximate surface area is 122 Å². The minimum atomic E-state index is -4.32. The van der Waals surface area contributed by atoms with Crippen molar-refractivity contribution in [2.24, 2.45) is 0 Å². The van der Waals surface area contributed by atoms with Crippen LogP contribution in [0.5, 0.6) is 0 Å². The maximum Gasteiger partial charge on any atom is 0.411 e. The molecule has 1 N–H and O–H groups in total. The number of alkyl halides is 3. The second kappa shape index (κ2) is 7.29. The van der Waals surface area contributed by atoms with E-state index >= 15 is 0 Å². The fourth-order valence-electron chi connectivity index (χ4n) is 1.87. The molecular formula is C14H19ClF3NO. The molecule has 0 aliphatic carbocycles. The van der Waals surface area contributed by atoms with Crippen molar-refractivity contribution < 1.29 is 17.9 Å². The quantitative estimate of drug-likeness (QED) is 0.851. The molecule has 0 aliphatic rings. The zero-order valence-corrected chi connectivity index (χ0v) is 12.5. The van der Waals surface area contributed by atoms with E-state index in [0.717, 1.165) is 16.7 Å². The fourth-order valence-corrected chi connectivity index (χ4v) is 2.22. The van der Waals surface area contributed by atoms with Crippen molar-refractivity contribution in [3.8, 4) is 0 Å². The van der Waals surface area contributed by atoms with Gasteiger partial charge in [-0.3, -0.25) is 0 Å². The summed E-state index contributed by atoms with van der Waals surface area (Å²) < 4.78 is 41.1. The topological polar surface area (TPSA) is 21.3 Å². The van der Waals surface area contributed by atoms with Crippen molar-refractivity contribution in [1.82, 2.24) is 5.32 Å². The molecule has 0 heterocycles. The van der Waals surface area contributed by atoms with E-state index in [2.05, 4.69) is 5.32 Å². The van der Waals surface area contributed by atoms with Gasteiger partial charge in [-0.2, -0.15) is 13.2 Å². The monoisotopic (exact) mass is 309 g/mol. The Morgan fingerprint density at radius 1 is 1.25 bits per heavy atom. The molecule has 0 fully saturated rings. The average molecular weight is 310 g/mol. The Morgan fingerprint density at radius 2 is 1.85 bits per heavy atom. The molecule has 0 saturated carbocycles. The highest BCUT2D eigenvalue weighted by Crippen LogP contribution is 2.27. The minimum Gasteiger partial charge on any atom is -0.370 e. The van der Waals surface area contributed by atoms with E-state index in [0.29, 0.717) is 11.6 Å². The molecule has 1 aromatic carbocycles. The zero-order chi connectivity index (χ0) is 15.3. The minimum absolute atomic E-state index is 0.0738. The molecule has 0 aliphatic heterocycles. The SMILES string of the molecule is CCNC(COCC(F)(F)F)c1cc(C)c(C)cc1Cl. The second-order valence-corrected chi connectivity index (χ2v) is 5.11. The molecule has 1 rings (SSSR count). The summed E-state index contributed by atoms with van der Waals surface area (Å²) in [6.45, 7) is 5.05. The number of hydrogen-bond donors (Lipinski definition) is 1. The highest BCUT2D eigenvalue weighted by Gasteiger charge is 2.28. The van der Waals surface area contributed by atoms with Crippen LogP contribution < -0.4 is 5.32 Å². The predicted molar refractivity (Wildman–Crippen MR) is 74.2 cm³/mol. The van der Waals surface area contributed by atoms with Crippen LogP contribution >= 0.6 is 11.6 Å². The molecule has 0 saturated heterocycles. The molecular weight excluding hydrogens is 291 g/mol. The third kappa shape index (κ3) is 5.31. The van der Waals surface area contributed by atoms with Crippen LogP contribution in [0.1, 0.15) is 29.7 Å². The molecule has 0 radical (unpaired) electrons. The van der Waals surface area contributed by atoms with E-state index in [1.54, 1.807) is 0 Å².